The van der Waals surface area contributed by atoms with Crippen LogP contribution in [-0.2, 0) is 9.53 Å². The first-order valence-corrected chi connectivity index (χ1v) is 4.89. The van der Waals surface area contributed by atoms with Gasteiger partial charge in [0.1, 0.15) is 0 Å². The van der Waals surface area contributed by atoms with Gasteiger partial charge < -0.3 is 4.74 Å². The van der Waals surface area contributed by atoms with Crippen LogP contribution in [0, 0.1) is 20.8 Å². The lowest BCUT2D eigenvalue weighted by Gasteiger charge is -2.07. The molecule has 2 nitrogen and oxygen atoms in total. The van der Waals surface area contributed by atoms with E-state index in [1.165, 1.54) is 29.9 Å². The number of aryl methyl sites for hydroxylation is 1. The lowest BCUT2D eigenvalue weighted by atomic mass is 9.99. The first kappa shape index (κ1) is 11.5. The van der Waals surface area contributed by atoms with Gasteiger partial charge in [-0.25, -0.2) is 4.79 Å². The fourth-order valence-electron chi connectivity index (χ4n) is 1.38. The van der Waals surface area contributed by atoms with E-state index in [-0.39, 0.29) is 5.97 Å². The molecule has 0 aromatic heterocycles. The van der Waals surface area contributed by atoms with Gasteiger partial charge in [0.25, 0.3) is 0 Å². The Morgan fingerprint density at radius 3 is 2.47 bits per heavy atom. The van der Waals surface area contributed by atoms with Crippen molar-refractivity contribution in [1.82, 2.24) is 0 Å². The van der Waals surface area contributed by atoms with Gasteiger partial charge in [0.15, 0.2) is 0 Å². The van der Waals surface area contributed by atoms with Crippen molar-refractivity contribution in [2.75, 3.05) is 7.11 Å². The van der Waals surface area contributed by atoms with Crippen LogP contribution >= 0.6 is 0 Å². The molecule has 0 aliphatic carbocycles. The van der Waals surface area contributed by atoms with Crippen LogP contribution in [0.4, 0.5) is 0 Å². The van der Waals surface area contributed by atoms with E-state index < -0.39 is 0 Å². The second-order valence-electron chi connectivity index (χ2n) is 3.58. The maximum atomic E-state index is 10.9. The second-order valence-corrected chi connectivity index (χ2v) is 3.58. The molecule has 0 N–H and O–H groups in total. The largest absolute Gasteiger partial charge is 0.466 e. The van der Waals surface area contributed by atoms with E-state index in [9.17, 15) is 4.79 Å². The topological polar surface area (TPSA) is 26.3 Å². The number of esters is 1. The van der Waals surface area contributed by atoms with E-state index in [1.54, 1.807) is 6.08 Å². The molecule has 1 aromatic carbocycles. The zero-order valence-electron chi connectivity index (χ0n) is 9.63. The average Bonchev–Trinajstić information content (AvgIpc) is 2.24. The predicted molar refractivity (Wildman–Crippen MR) is 61.7 cm³/mol. The SMILES string of the molecule is COC(=O)/C=C/c1ccc(C)c(C)c1C. The van der Waals surface area contributed by atoms with E-state index in [1.807, 2.05) is 6.07 Å². The average molecular weight is 204 g/mol. The third-order valence-electron chi connectivity index (χ3n) is 2.70. The number of methoxy groups -OCH3 is 1. The normalized spacial score (nSPS) is 10.7. The molecule has 15 heavy (non-hydrogen) atoms. The molecule has 1 aromatic rings. The van der Waals surface area contributed by atoms with Gasteiger partial charge in [-0.1, -0.05) is 12.1 Å². The summed E-state index contributed by atoms with van der Waals surface area (Å²) < 4.78 is 4.54. The number of rotatable bonds is 2. The predicted octanol–water partition coefficient (Wildman–Crippen LogP) is 2.80. The van der Waals surface area contributed by atoms with Crippen molar-refractivity contribution in [3.63, 3.8) is 0 Å². The van der Waals surface area contributed by atoms with E-state index in [0.29, 0.717) is 0 Å². The summed E-state index contributed by atoms with van der Waals surface area (Å²) in [5.41, 5.74) is 4.79. The molecule has 0 saturated carbocycles. The minimum Gasteiger partial charge on any atom is -0.466 e. The Morgan fingerprint density at radius 2 is 1.87 bits per heavy atom. The Labute approximate surface area is 90.6 Å². The molecule has 1 rings (SSSR count). The highest BCUT2D eigenvalue weighted by atomic mass is 16.5. The van der Waals surface area contributed by atoms with Gasteiger partial charge in [-0.15, -0.1) is 0 Å². The minimum atomic E-state index is -0.326. The van der Waals surface area contributed by atoms with Gasteiger partial charge in [0, 0.05) is 6.08 Å². The molecule has 0 radical (unpaired) electrons. The fourth-order valence-corrected chi connectivity index (χ4v) is 1.38. The molecule has 80 valence electrons. The molecule has 0 unspecified atom stereocenters. The Balaban J connectivity index is 3.02. The van der Waals surface area contributed by atoms with Gasteiger partial charge >= 0.3 is 5.97 Å². The summed E-state index contributed by atoms with van der Waals surface area (Å²) in [5, 5.41) is 0. The van der Waals surface area contributed by atoms with Crippen molar-refractivity contribution in [2.45, 2.75) is 20.8 Å². The summed E-state index contributed by atoms with van der Waals surface area (Å²) >= 11 is 0. The molecule has 0 heterocycles. The van der Waals surface area contributed by atoms with E-state index >= 15 is 0 Å². The maximum absolute atomic E-state index is 10.9. The highest BCUT2D eigenvalue weighted by Crippen LogP contribution is 2.18. The van der Waals surface area contributed by atoms with Gasteiger partial charge in [-0.3, -0.25) is 0 Å². The third-order valence-corrected chi connectivity index (χ3v) is 2.70. The second kappa shape index (κ2) is 4.78. The summed E-state index contributed by atoms with van der Waals surface area (Å²) in [4.78, 5) is 10.9. The highest BCUT2D eigenvalue weighted by molar-refractivity contribution is 5.87. The number of ether oxygens (including phenoxy) is 1. The zero-order valence-corrected chi connectivity index (χ0v) is 9.63. The standard InChI is InChI=1S/C13H16O2/c1-9-5-6-12(11(3)10(9)2)7-8-13(14)15-4/h5-8H,1-4H3/b8-7+. The maximum Gasteiger partial charge on any atom is 0.330 e. The number of benzene rings is 1. The van der Waals surface area contributed by atoms with Crippen LogP contribution in [0.25, 0.3) is 6.08 Å². The molecule has 0 fully saturated rings. The molecule has 0 spiro atoms. The van der Waals surface area contributed by atoms with Crippen LogP contribution in [0.15, 0.2) is 18.2 Å². The van der Waals surface area contributed by atoms with E-state index in [0.717, 1.165) is 5.56 Å². The van der Waals surface area contributed by atoms with Crippen LogP contribution in [0.1, 0.15) is 22.3 Å². The van der Waals surface area contributed by atoms with Crippen molar-refractivity contribution in [3.8, 4) is 0 Å². The lowest BCUT2D eigenvalue weighted by molar-refractivity contribution is -0.134. The van der Waals surface area contributed by atoms with Crippen LogP contribution in [0.3, 0.4) is 0 Å². The van der Waals surface area contributed by atoms with Crippen LogP contribution in [-0.4, -0.2) is 13.1 Å². The quantitative estimate of drug-likeness (QED) is 0.547. The smallest absolute Gasteiger partial charge is 0.330 e. The molecule has 0 aliphatic heterocycles. The first-order chi connectivity index (χ1) is 7.06. The lowest BCUT2D eigenvalue weighted by Crippen LogP contribution is -1.94. The summed E-state index contributed by atoms with van der Waals surface area (Å²) in [7, 11) is 1.37. The Bertz CT molecular complexity index is 403. The number of carbonyl (C=O) groups is 1. The summed E-state index contributed by atoms with van der Waals surface area (Å²) in [5.74, 6) is -0.326. The van der Waals surface area contributed by atoms with Crippen molar-refractivity contribution in [1.29, 1.82) is 0 Å². The van der Waals surface area contributed by atoms with Crippen molar-refractivity contribution < 1.29 is 9.53 Å². The molecular formula is C13H16O2. The summed E-state index contributed by atoms with van der Waals surface area (Å²) in [6, 6.07) is 4.07. The molecule has 0 amide bonds. The van der Waals surface area contributed by atoms with Gasteiger partial charge in [0.2, 0.25) is 0 Å². The Kier molecular flexibility index (Phi) is 3.67. The van der Waals surface area contributed by atoms with E-state index in [2.05, 4.69) is 31.6 Å². The fraction of sp³-hybridized carbons (Fsp3) is 0.308. The van der Waals surface area contributed by atoms with Crippen molar-refractivity contribution >= 4 is 12.0 Å². The van der Waals surface area contributed by atoms with Crippen molar-refractivity contribution in [2.24, 2.45) is 0 Å². The third kappa shape index (κ3) is 2.69. The van der Waals surface area contributed by atoms with Gasteiger partial charge in [-0.05, 0) is 49.1 Å². The minimum absolute atomic E-state index is 0.326. The van der Waals surface area contributed by atoms with Crippen molar-refractivity contribution in [3.05, 3.63) is 40.5 Å². The Morgan fingerprint density at radius 1 is 1.20 bits per heavy atom. The van der Waals surface area contributed by atoms with Crippen LogP contribution in [0.5, 0.6) is 0 Å². The highest BCUT2D eigenvalue weighted by Gasteiger charge is 2.01. The molecule has 0 bridgehead atoms. The number of carbonyl (C=O) groups excluding carboxylic acids is 1. The molecule has 0 saturated heterocycles. The number of hydrogen-bond donors (Lipinski definition) is 0. The monoisotopic (exact) mass is 204 g/mol. The summed E-state index contributed by atoms with van der Waals surface area (Å²) in [6.07, 6.45) is 3.23. The number of hydrogen-bond acceptors (Lipinski definition) is 2. The Hall–Kier alpha value is -1.57. The molecule has 0 atom stereocenters. The molecular weight excluding hydrogens is 188 g/mol. The van der Waals surface area contributed by atoms with E-state index in [4.69, 9.17) is 0 Å². The first-order valence-electron chi connectivity index (χ1n) is 4.89. The van der Waals surface area contributed by atoms with Gasteiger partial charge in [-0.2, -0.15) is 0 Å². The summed E-state index contributed by atoms with van der Waals surface area (Å²) in [6.45, 7) is 6.22. The van der Waals surface area contributed by atoms with Crippen LogP contribution in [0.2, 0.25) is 0 Å². The van der Waals surface area contributed by atoms with Gasteiger partial charge in [0.05, 0.1) is 7.11 Å². The zero-order chi connectivity index (χ0) is 11.4. The van der Waals surface area contributed by atoms with Crippen LogP contribution < -0.4 is 0 Å². The molecule has 2 heteroatoms. The molecule has 0 aliphatic rings.